The summed E-state index contributed by atoms with van der Waals surface area (Å²) in [6.07, 6.45) is 0.572. The number of phenols is 2. The van der Waals surface area contributed by atoms with Gasteiger partial charge in [0.1, 0.15) is 11.5 Å². The number of rotatable bonds is 5. The van der Waals surface area contributed by atoms with Gasteiger partial charge in [-0.25, -0.2) is 0 Å². The molecule has 1 amide bonds. The number of aromatic hydroxyl groups is 2. The molecule has 2 aromatic carbocycles. The van der Waals surface area contributed by atoms with Crippen LogP contribution >= 0.6 is 0 Å². The van der Waals surface area contributed by atoms with Crippen LogP contribution in [0.3, 0.4) is 0 Å². The lowest BCUT2D eigenvalue weighted by Gasteiger charge is -2.14. The number of carbonyl (C=O) groups is 1. The van der Waals surface area contributed by atoms with Crippen molar-refractivity contribution in [3.8, 4) is 11.5 Å². The molecule has 6 N–H and O–H groups in total. The molecule has 1 aromatic heterocycles. The minimum Gasteiger partial charge on any atom is -0.506 e. The lowest BCUT2D eigenvalue weighted by Crippen LogP contribution is -2.15. The van der Waals surface area contributed by atoms with Gasteiger partial charge in [-0.3, -0.25) is 9.59 Å². The topological polar surface area (TPSA) is 128 Å². The molecule has 3 aromatic rings. The Morgan fingerprint density at radius 1 is 1.12 bits per heavy atom. The number of nitrogens with one attached hydrogen (secondary N) is 2. The Bertz CT molecular complexity index is 1060. The van der Waals surface area contributed by atoms with Gasteiger partial charge in [-0.05, 0) is 48.7 Å². The van der Waals surface area contributed by atoms with Crippen molar-refractivity contribution >= 4 is 22.5 Å². The first-order chi connectivity index (χ1) is 12.4. The van der Waals surface area contributed by atoms with E-state index < -0.39 is 5.91 Å². The molecule has 0 saturated heterocycles. The molecule has 0 radical (unpaired) electrons. The Balaban J connectivity index is 1.85. The van der Waals surface area contributed by atoms with E-state index in [0.717, 1.165) is 10.9 Å². The molecule has 0 spiro atoms. The number of hydrogen-bond acceptors (Lipinski definition) is 5. The Kier molecular flexibility index (Phi) is 4.53. The largest absolute Gasteiger partial charge is 0.506 e. The van der Waals surface area contributed by atoms with Gasteiger partial charge >= 0.3 is 0 Å². The number of anilines is 1. The number of H-pyrrole nitrogens is 1. The van der Waals surface area contributed by atoms with Gasteiger partial charge in [-0.15, -0.1) is 0 Å². The molecular formula is C19H19N3O4. The molecule has 0 aliphatic rings. The maximum atomic E-state index is 11.5. The summed E-state index contributed by atoms with van der Waals surface area (Å²) < 4.78 is 0. The second-order valence-electron chi connectivity index (χ2n) is 6.03. The Labute approximate surface area is 149 Å². The van der Waals surface area contributed by atoms with E-state index >= 15 is 0 Å². The highest BCUT2D eigenvalue weighted by molar-refractivity contribution is 5.96. The van der Waals surface area contributed by atoms with Gasteiger partial charge in [0.15, 0.2) is 0 Å². The van der Waals surface area contributed by atoms with Gasteiger partial charge in [0, 0.05) is 23.6 Å². The van der Waals surface area contributed by atoms with Crippen LogP contribution in [0.15, 0.2) is 41.2 Å². The number of amides is 1. The quantitative estimate of drug-likeness (QED) is 0.448. The molecule has 0 saturated carbocycles. The van der Waals surface area contributed by atoms with Crippen molar-refractivity contribution in [3.63, 3.8) is 0 Å². The predicted octanol–water partition coefficient (Wildman–Crippen LogP) is 2.00. The van der Waals surface area contributed by atoms with Crippen LogP contribution in [0, 0.1) is 6.92 Å². The molecule has 26 heavy (non-hydrogen) atoms. The van der Waals surface area contributed by atoms with E-state index in [1.165, 1.54) is 24.3 Å². The Morgan fingerprint density at radius 3 is 2.58 bits per heavy atom. The maximum Gasteiger partial charge on any atom is 0.249 e. The van der Waals surface area contributed by atoms with Crippen LogP contribution in [0.5, 0.6) is 11.5 Å². The van der Waals surface area contributed by atoms with Crippen molar-refractivity contribution in [2.45, 2.75) is 13.3 Å². The second kappa shape index (κ2) is 6.79. The van der Waals surface area contributed by atoms with Gasteiger partial charge in [-0.2, -0.15) is 0 Å². The standard InChI is InChI=1S/C19H19N3O4/c1-10-12(19(20)26)3-6-14(23)17(10)21-9-8-11-2-5-15(24)18-13(11)4-7-16(25)22-18/h2-7,21,23-24H,8-9H2,1H3,(H2,20,26)(H,22,25). The molecule has 7 heteroatoms. The highest BCUT2D eigenvalue weighted by Crippen LogP contribution is 2.30. The Hall–Kier alpha value is -3.48. The number of benzene rings is 2. The number of aromatic nitrogens is 1. The predicted molar refractivity (Wildman–Crippen MR) is 99.8 cm³/mol. The van der Waals surface area contributed by atoms with Crippen molar-refractivity contribution in [2.24, 2.45) is 5.73 Å². The average molecular weight is 353 g/mol. The lowest BCUT2D eigenvalue weighted by molar-refractivity contribution is 0.0999. The monoisotopic (exact) mass is 353 g/mol. The fourth-order valence-electron chi connectivity index (χ4n) is 3.02. The molecule has 1 heterocycles. The Morgan fingerprint density at radius 2 is 1.85 bits per heavy atom. The van der Waals surface area contributed by atoms with Crippen molar-refractivity contribution < 1.29 is 15.0 Å². The molecule has 0 unspecified atom stereocenters. The zero-order valence-electron chi connectivity index (χ0n) is 14.2. The normalized spacial score (nSPS) is 10.8. The van der Waals surface area contributed by atoms with E-state index in [9.17, 15) is 19.8 Å². The molecule has 0 atom stereocenters. The van der Waals surface area contributed by atoms with E-state index in [2.05, 4.69) is 10.3 Å². The van der Waals surface area contributed by atoms with Gasteiger partial charge in [0.25, 0.3) is 0 Å². The summed E-state index contributed by atoms with van der Waals surface area (Å²) in [5, 5.41) is 23.8. The van der Waals surface area contributed by atoms with Crippen LogP contribution in [-0.2, 0) is 6.42 Å². The first-order valence-electron chi connectivity index (χ1n) is 8.08. The minimum absolute atomic E-state index is 0.0112. The molecule has 3 rings (SSSR count). The maximum absolute atomic E-state index is 11.5. The summed E-state index contributed by atoms with van der Waals surface area (Å²) in [7, 11) is 0. The minimum atomic E-state index is -0.556. The van der Waals surface area contributed by atoms with Crippen molar-refractivity contribution in [3.05, 3.63) is 63.4 Å². The summed E-state index contributed by atoms with van der Waals surface area (Å²) in [4.78, 5) is 25.5. The third-order valence-electron chi connectivity index (χ3n) is 4.37. The van der Waals surface area contributed by atoms with E-state index in [4.69, 9.17) is 5.73 Å². The van der Waals surface area contributed by atoms with E-state index in [1.807, 2.05) is 0 Å². The lowest BCUT2D eigenvalue weighted by atomic mass is 10.0. The third kappa shape index (κ3) is 3.19. The van der Waals surface area contributed by atoms with Gasteiger partial charge in [0.2, 0.25) is 11.5 Å². The highest BCUT2D eigenvalue weighted by atomic mass is 16.3. The molecular weight excluding hydrogens is 334 g/mol. The van der Waals surface area contributed by atoms with Crippen LogP contribution in [-0.4, -0.2) is 27.6 Å². The summed E-state index contributed by atoms with van der Waals surface area (Å²) in [6.45, 7) is 2.18. The summed E-state index contributed by atoms with van der Waals surface area (Å²) in [6, 6.07) is 9.30. The molecule has 0 bridgehead atoms. The molecule has 0 fully saturated rings. The first-order valence-corrected chi connectivity index (χ1v) is 8.08. The van der Waals surface area contributed by atoms with E-state index in [0.29, 0.717) is 35.3 Å². The summed E-state index contributed by atoms with van der Waals surface area (Å²) in [5.74, 6) is -0.511. The van der Waals surface area contributed by atoms with Crippen LogP contribution < -0.4 is 16.6 Å². The summed E-state index contributed by atoms with van der Waals surface area (Å²) >= 11 is 0. The number of carbonyl (C=O) groups excluding carboxylic acids is 1. The van der Waals surface area contributed by atoms with Gasteiger partial charge in [0.05, 0.1) is 11.2 Å². The average Bonchev–Trinajstić information content (AvgIpc) is 2.59. The fourth-order valence-corrected chi connectivity index (χ4v) is 3.02. The molecule has 7 nitrogen and oxygen atoms in total. The number of nitrogens with two attached hydrogens (primary N) is 1. The fraction of sp³-hybridized carbons (Fsp3) is 0.158. The number of aromatic amines is 1. The number of pyridine rings is 1. The molecule has 134 valence electrons. The van der Waals surface area contributed by atoms with Gasteiger partial charge in [-0.1, -0.05) is 6.07 Å². The van der Waals surface area contributed by atoms with Crippen molar-refractivity contribution in [2.75, 3.05) is 11.9 Å². The van der Waals surface area contributed by atoms with Crippen LogP contribution in [0.2, 0.25) is 0 Å². The number of primary amides is 1. The number of hydrogen-bond donors (Lipinski definition) is 5. The smallest absolute Gasteiger partial charge is 0.249 e. The third-order valence-corrected chi connectivity index (χ3v) is 4.37. The van der Waals surface area contributed by atoms with Crippen LogP contribution in [0.1, 0.15) is 21.5 Å². The zero-order valence-corrected chi connectivity index (χ0v) is 14.2. The summed E-state index contributed by atoms with van der Waals surface area (Å²) in [5.41, 5.74) is 7.75. The van der Waals surface area contributed by atoms with Crippen molar-refractivity contribution in [1.29, 1.82) is 0 Å². The highest BCUT2D eigenvalue weighted by Gasteiger charge is 2.13. The SMILES string of the molecule is Cc1c(C(N)=O)ccc(O)c1NCCc1ccc(O)c2[nH]c(=O)ccc12. The van der Waals surface area contributed by atoms with Crippen molar-refractivity contribution in [1.82, 2.24) is 4.98 Å². The molecule has 0 aliphatic carbocycles. The van der Waals surface area contributed by atoms with E-state index in [1.54, 1.807) is 19.1 Å². The number of fused-ring (bicyclic) bond motifs is 1. The second-order valence-corrected chi connectivity index (χ2v) is 6.03. The van der Waals surface area contributed by atoms with E-state index in [-0.39, 0.29) is 17.1 Å². The number of phenolic OH excluding ortho intramolecular Hbond substituents is 2. The first kappa shape index (κ1) is 17.3. The van der Waals surface area contributed by atoms with Crippen LogP contribution in [0.25, 0.3) is 10.9 Å². The van der Waals surface area contributed by atoms with Crippen LogP contribution in [0.4, 0.5) is 5.69 Å². The molecule has 0 aliphatic heterocycles. The van der Waals surface area contributed by atoms with Gasteiger partial charge < -0.3 is 26.2 Å². The zero-order chi connectivity index (χ0) is 18.8.